The molecule has 0 saturated heterocycles. The molecule has 0 unspecified atom stereocenters. The van der Waals surface area contributed by atoms with E-state index in [0.717, 1.165) is 16.9 Å². The Hall–Kier alpha value is -2.30. The molecule has 2 aromatic rings. The van der Waals surface area contributed by atoms with Crippen LogP contribution >= 0.6 is 0 Å². The minimum absolute atomic E-state index is 0.100. The molecule has 0 atom stereocenters. The molecule has 5 nitrogen and oxygen atoms in total. The first-order valence-electron chi connectivity index (χ1n) is 5.55. The van der Waals surface area contributed by atoms with Crippen molar-refractivity contribution >= 4 is 5.97 Å². The van der Waals surface area contributed by atoms with Gasteiger partial charge in [-0.3, -0.25) is 0 Å². The summed E-state index contributed by atoms with van der Waals surface area (Å²) in [5.74, 6) is 0.130. The zero-order valence-corrected chi connectivity index (χ0v) is 10.1. The van der Waals surface area contributed by atoms with Crippen LogP contribution in [0.1, 0.15) is 23.0 Å². The van der Waals surface area contributed by atoms with Crippen LogP contribution in [0, 0.1) is 6.92 Å². The Morgan fingerprint density at radius 2 is 2.22 bits per heavy atom. The summed E-state index contributed by atoms with van der Waals surface area (Å²) in [5.41, 5.74) is 1.63. The van der Waals surface area contributed by atoms with Gasteiger partial charge in [-0.15, -0.1) is 0 Å². The summed E-state index contributed by atoms with van der Waals surface area (Å²) in [5, 5.41) is 12.2. The number of carboxylic acid groups (broad SMARTS) is 1. The maximum atomic E-state index is 10.7. The number of carbonyl (C=O) groups is 1. The zero-order chi connectivity index (χ0) is 13.1. The van der Waals surface area contributed by atoms with Gasteiger partial charge in [-0.1, -0.05) is 5.16 Å². The summed E-state index contributed by atoms with van der Waals surface area (Å²) in [6.45, 7) is 4.44. The average Bonchev–Trinajstić information content (AvgIpc) is 2.81. The smallest absolute Gasteiger partial charge is 0.358 e. The Balaban J connectivity index is 2.33. The van der Waals surface area contributed by atoms with E-state index in [9.17, 15) is 4.79 Å². The van der Waals surface area contributed by atoms with Gasteiger partial charge in [-0.25, -0.2) is 4.79 Å². The number of carboxylic acids is 1. The highest BCUT2D eigenvalue weighted by Gasteiger charge is 2.12. The van der Waals surface area contributed by atoms with Crippen LogP contribution in [-0.4, -0.2) is 22.8 Å². The van der Waals surface area contributed by atoms with Crippen molar-refractivity contribution in [1.82, 2.24) is 5.16 Å². The number of aromatic carboxylic acids is 1. The highest BCUT2D eigenvalue weighted by Crippen LogP contribution is 2.26. The van der Waals surface area contributed by atoms with Crippen LogP contribution in [0.15, 0.2) is 28.8 Å². The van der Waals surface area contributed by atoms with E-state index >= 15 is 0 Å². The molecule has 0 amide bonds. The molecule has 0 aliphatic rings. The fraction of sp³-hybridized carbons (Fsp3) is 0.231. The average molecular weight is 247 g/mol. The lowest BCUT2D eigenvalue weighted by Gasteiger charge is -2.07. The van der Waals surface area contributed by atoms with Crippen molar-refractivity contribution in [3.8, 4) is 17.1 Å². The molecule has 0 aliphatic heterocycles. The van der Waals surface area contributed by atoms with E-state index in [4.69, 9.17) is 14.4 Å². The van der Waals surface area contributed by atoms with Crippen molar-refractivity contribution in [3.63, 3.8) is 0 Å². The van der Waals surface area contributed by atoms with E-state index in [-0.39, 0.29) is 5.69 Å². The van der Waals surface area contributed by atoms with Gasteiger partial charge in [-0.05, 0) is 37.6 Å². The summed E-state index contributed by atoms with van der Waals surface area (Å²) >= 11 is 0. The van der Waals surface area contributed by atoms with Gasteiger partial charge in [0.2, 0.25) is 0 Å². The van der Waals surface area contributed by atoms with Crippen molar-refractivity contribution in [1.29, 1.82) is 0 Å². The predicted molar refractivity (Wildman–Crippen MR) is 64.8 cm³/mol. The monoisotopic (exact) mass is 247 g/mol. The molecule has 1 aromatic carbocycles. The number of hydrogen-bond donors (Lipinski definition) is 1. The number of rotatable bonds is 4. The van der Waals surface area contributed by atoms with Gasteiger partial charge in [-0.2, -0.15) is 0 Å². The summed E-state index contributed by atoms with van der Waals surface area (Å²) in [6, 6.07) is 6.91. The molecule has 5 heteroatoms. The van der Waals surface area contributed by atoms with Crippen molar-refractivity contribution in [2.45, 2.75) is 13.8 Å². The van der Waals surface area contributed by atoms with Gasteiger partial charge in [0, 0.05) is 11.6 Å². The second-order valence-electron chi connectivity index (χ2n) is 3.79. The number of benzene rings is 1. The minimum atomic E-state index is -1.10. The van der Waals surface area contributed by atoms with Crippen LogP contribution in [0.4, 0.5) is 0 Å². The molecule has 0 spiro atoms. The fourth-order valence-electron chi connectivity index (χ4n) is 1.63. The lowest BCUT2D eigenvalue weighted by Crippen LogP contribution is -1.94. The van der Waals surface area contributed by atoms with Crippen LogP contribution in [0.25, 0.3) is 11.3 Å². The highest BCUT2D eigenvalue weighted by atomic mass is 16.5. The zero-order valence-electron chi connectivity index (χ0n) is 10.1. The molecule has 2 rings (SSSR count). The molecular formula is C13H13NO4. The molecule has 0 aliphatic carbocycles. The first-order valence-corrected chi connectivity index (χ1v) is 5.55. The number of nitrogens with zero attached hydrogens (tertiary/aromatic N) is 1. The molecule has 1 heterocycles. The molecule has 94 valence electrons. The normalized spacial score (nSPS) is 10.3. The van der Waals surface area contributed by atoms with Gasteiger partial charge in [0.05, 0.1) is 6.61 Å². The molecular weight excluding hydrogens is 234 g/mol. The summed E-state index contributed by atoms with van der Waals surface area (Å²) in [6.07, 6.45) is 0. The first kappa shape index (κ1) is 12.2. The number of hydrogen-bond acceptors (Lipinski definition) is 4. The molecule has 0 saturated carbocycles. The van der Waals surface area contributed by atoms with Crippen molar-refractivity contribution in [3.05, 3.63) is 35.5 Å². The lowest BCUT2D eigenvalue weighted by molar-refractivity contribution is 0.0686. The second-order valence-corrected chi connectivity index (χ2v) is 3.79. The SMILES string of the molecule is CCOc1ccc(-c2cc(C(=O)O)no2)cc1C. The van der Waals surface area contributed by atoms with E-state index in [1.165, 1.54) is 6.07 Å². The van der Waals surface area contributed by atoms with Gasteiger partial charge < -0.3 is 14.4 Å². The molecule has 1 aromatic heterocycles. The Bertz CT molecular complexity index is 574. The van der Waals surface area contributed by atoms with Gasteiger partial charge in [0.15, 0.2) is 11.5 Å². The van der Waals surface area contributed by atoms with Crippen molar-refractivity contribution in [2.24, 2.45) is 0 Å². The first-order chi connectivity index (χ1) is 8.61. The standard InChI is InChI=1S/C13H13NO4/c1-3-17-11-5-4-9(6-8(11)2)12-7-10(13(15)16)14-18-12/h4-7H,3H2,1-2H3,(H,15,16). The Morgan fingerprint density at radius 3 is 2.78 bits per heavy atom. The lowest BCUT2D eigenvalue weighted by atomic mass is 10.1. The third-order valence-corrected chi connectivity index (χ3v) is 2.49. The van der Waals surface area contributed by atoms with Crippen LogP contribution in [0.3, 0.4) is 0 Å². The van der Waals surface area contributed by atoms with Crippen LogP contribution in [-0.2, 0) is 0 Å². The molecule has 0 bridgehead atoms. The number of ether oxygens (including phenoxy) is 1. The summed E-state index contributed by atoms with van der Waals surface area (Å²) in [4.78, 5) is 10.7. The van der Waals surface area contributed by atoms with Crippen molar-refractivity contribution in [2.75, 3.05) is 6.61 Å². The third-order valence-electron chi connectivity index (χ3n) is 2.49. The third kappa shape index (κ3) is 2.34. The quantitative estimate of drug-likeness (QED) is 0.899. The van der Waals surface area contributed by atoms with Crippen LogP contribution < -0.4 is 4.74 Å². The van der Waals surface area contributed by atoms with Crippen LogP contribution in [0.2, 0.25) is 0 Å². The minimum Gasteiger partial charge on any atom is -0.494 e. The molecule has 18 heavy (non-hydrogen) atoms. The molecule has 0 fully saturated rings. The van der Waals surface area contributed by atoms with Gasteiger partial charge in [0.25, 0.3) is 0 Å². The fourth-order valence-corrected chi connectivity index (χ4v) is 1.63. The summed E-state index contributed by atoms with van der Waals surface area (Å²) in [7, 11) is 0. The Labute approximate surface area is 104 Å². The van der Waals surface area contributed by atoms with Gasteiger partial charge in [0.1, 0.15) is 5.75 Å². The van der Waals surface area contributed by atoms with E-state index in [1.807, 2.05) is 32.0 Å². The van der Waals surface area contributed by atoms with E-state index < -0.39 is 5.97 Å². The van der Waals surface area contributed by atoms with E-state index in [1.54, 1.807) is 0 Å². The van der Waals surface area contributed by atoms with Crippen molar-refractivity contribution < 1.29 is 19.2 Å². The topological polar surface area (TPSA) is 72.6 Å². The van der Waals surface area contributed by atoms with Crippen LogP contribution in [0.5, 0.6) is 5.75 Å². The molecule has 1 N–H and O–H groups in total. The van der Waals surface area contributed by atoms with Gasteiger partial charge >= 0.3 is 5.97 Å². The molecule has 0 radical (unpaired) electrons. The predicted octanol–water partition coefficient (Wildman–Crippen LogP) is 2.75. The Kier molecular flexibility index (Phi) is 3.32. The maximum Gasteiger partial charge on any atom is 0.358 e. The number of aryl methyl sites for hydroxylation is 1. The van der Waals surface area contributed by atoms with E-state index in [2.05, 4.69) is 5.16 Å². The highest BCUT2D eigenvalue weighted by molar-refractivity contribution is 5.86. The summed E-state index contributed by atoms with van der Waals surface area (Å²) < 4.78 is 10.4. The largest absolute Gasteiger partial charge is 0.494 e. The van der Waals surface area contributed by atoms with E-state index in [0.29, 0.717) is 12.4 Å². The second kappa shape index (κ2) is 4.91. The number of aromatic nitrogens is 1. The Morgan fingerprint density at radius 1 is 1.44 bits per heavy atom. The maximum absolute atomic E-state index is 10.7.